The minimum absolute atomic E-state index is 0.0309. The van der Waals surface area contributed by atoms with Gasteiger partial charge in [-0.05, 0) is 24.4 Å². The standard InChI is InChI=1S/C23H30N6O3/c1-16(2)20(28(13-7-10-24)18(30)15-32-3)22-27-21-19(25-11-12-26-21)23(31)29(22)14-17-8-5-4-6-9-17/h4-6,8-9,11-12,16,20H,7,10,13-15,24H2,1-3H3. The quantitative estimate of drug-likeness (QED) is 0.513. The second-order valence-electron chi connectivity index (χ2n) is 7.93. The summed E-state index contributed by atoms with van der Waals surface area (Å²) in [4.78, 5) is 41.4. The first-order valence-electron chi connectivity index (χ1n) is 10.7. The third kappa shape index (κ3) is 5.17. The molecule has 32 heavy (non-hydrogen) atoms. The molecule has 1 aromatic carbocycles. The van der Waals surface area contributed by atoms with E-state index in [0.29, 0.717) is 31.9 Å². The molecule has 9 heteroatoms. The van der Waals surface area contributed by atoms with Crippen LogP contribution in [0.15, 0.2) is 47.5 Å². The number of nitrogens with zero attached hydrogens (tertiary/aromatic N) is 5. The van der Waals surface area contributed by atoms with Gasteiger partial charge < -0.3 is 15.4 Å². The molecule has 2 heterocycles. The lowest BCUT2D eigenvalue weighted by atomic mass is 10.00. The van der Waals surface area contributed by atoms with Crippen molar-refractivity contribution in [2.45, 2.75) is 32.9 Å². The van der Waals surface area contributed by atoms with E-state index in [1.165, 1.54) is 19.5 Å². The first-order chi connectivity index (χ1) is 15.5. The topological polar surface area (TPSA) is 116 Å². The van der Waals surface area contributed by atoms with Crippen molar-refractivity contribution in [2.75, 3.05) is 26.8 Å². The highest BCUT2D eigenvalue weighted by molar-refractivity contribution is 5.78. The molecule has 0 saturated heterocycles. The van der Waals surface area contributed by atoms with E-state index in [0.717, 1.165) is 5.56 Å². The van der Waals surface area contributed by atoms with Gasteiger partial charge in [-0.2, -0.15) is 0 Å². The Morgan fingerprint density at radius 3 is 2.56 bits per heavy atom. The summed E-state index contributed by atoms with van der Waals surface area (Å²) in [6, 6.07) is 9.19. The minimum atomic E-state index is -0.466. The number of carbonyl (C=O) groups excluding carboxylic acids is 1. The monoisotopic (exact) mass is 438 g/mol. The van der Waals surface area contributed by atoms with Crippen LogP contribution in [-0.2, 0) is 16.1 Å². The molecule has 2 aromatic heterocycles. The fourth-order valence-electron chi connectivity index (χ4n) is 3.79. The van der Waals surface area contributed by atoms with E-state index >= 15 is 0 Å². The second-order valence-corrected chi connectivity index (χ2v) is 7.93. The van der Waals surface area contributed by atoms with Gasteiger partial charge in [0.15, 0.2) is 11.2 Å². The van der Waals surface area contributed by atoms with Gasteiger partial charge in [0.25, 0.3) is 5.56 Å². The number of benzene rings is 1. The van der Waals surface area contributed by atoms with E-state index in [1.807, 2.05) is 44.2 Å². The Balaban J connectivity index is 2.22. The normalized spacial score (nSPS) is 12.3. The van der Waals surface area contributed by atoms with Gasteiger partial charge in [0.05, 0.1) is 12.6 Å². The van der Waals surface area contributed by atoms with E-state index < -0.39 is 6.04 Å². The van der Waals surface area contributed by atoms with E-state index in [1.54, 1.807) is 9.47 Å². The van der Waals surface area contributed by atoms with Crippen LogP contribution in [0.4, 0.5) is 0 Å². The molecule has 1 atom stereocenters. The molecule has 0 aliphatic carbocycles. The molecule has 1 amide bonds. The molecule has 3 rings (SSSR count). The maximum Gasteiger partial charge on any atom is 0.282 e. The van der Waals surface area contributed by atoms with Crippen LogP contribution in [-0.4, -0.2) is 57.1 Å². The third-order valence-corrected chi connectivity index (χ3v) is 5.23. The summed E-state index contributed by atoms with van der Waals surface area (Å²) in [6.07, 6.45) is 3.61. The number of hydrogen-bond acceptors (Lipinski definition) is 7. The summed E-state index contributed by atoms with van der Waals surface area (Å²) in [5.74, 6) is 0.263. The van der Waals surface area contributed by atoms with Crippen molar-refractivity contribution in [3.63, 3.8) is 0 Å². The van der Waals surface area contributed by atoms with Crippen molar-refractivity contribution in [2.24, 2.45) is 11.7 Å². The van der Waals surface area contributed by atoms with Crippen LogP contribution in [0.25, 0.3) is 11.2 Å². The van der Waals surface area contributed by atoms with Crippen molar-refractivity contribution in [1.82, 2.24) is 24.4 Å². The SMILES string of the molecule is COCC(=O)N(CCCN)C(c1nc2nccnc2c(=O)n1Cc1ccccc1)C(C)C. The maximum atomic E-state index is 13.5. The van der Waals surface area contributed by atoms with Crippen LogP contribution in [0, 0.1) is 5.92 Å². The van der Waals surface area contributed by atoms with Gasteiger partial charge in [-0.25, -0.2) is 15.0 Å². The Morgan fingerprint density at radius 2 is 1.91 bits per heavy atom. The Bertz CT molecular complexity index is 1100. The van der Waals surface area contributed by atoms with E-state index in [-0.39, 0.29) is 35.2 Å². The number of fused-ring (bicyclic) bond motifs is 1. The van der Waals surface area contributed by atoms with Crippen molar-refractivity contribution in [3.05, 3.63) is 64.5 Å². The van der Waals surface area contributed by atoms with Crippen LogP contribution in [0.2, 0.25) is 0 Å². The van der Waals surface area contributed by atoms with Crippen LogP contribution >= 0.6 is 0 Å². The predicted octanol–water partition coefficient (Wildman–Crippen LogP) is 1.76. The minimum Gasteiger partial charge on any atom is -0.375 e. The first-order valence-corrected chi connectivity index (χ1v) is 10.7. The Morgan fingerprint density at radius 1 is 1.19 bits per heavy atom. The zero-order valence-corrected chi connectivity index (χ0v) is 18.8. The number of hydrogen-bond donors (Lipinski definition) is 1. The largest absolute Gasteiger partial charge is 0.375 e. The lowest BCUT2D eigenvalue weighted by Gasteiger charge is -2.35. The number of carbonyl (C=O) groups is 1. The highest BCUT2D eigenvalue weighted by Gasteiger charge is 2.32. The molecule has 0 aliphatic heterocycles. The number of ether oxygens (including phenoxy) is 1. The molecular formula is C23H30N6O3. The number of methoxy groups -OCH3 is 1. The number of rotatable bonds is 10. The summed E-state index contributed by atoms with van der Waals surface area (Å²) < 4.78 is 6.72. The van der Waals surface area contributed by atoms with E-state index in [4.69, 9.17) is 15.5 Å². The molecule has 3 aromatic rings. The molecule has 0 aliphatic rings. The highest BCUT2D eigenvalue weighted by atomic mass is 16.5. The van der Waals surface area contributed by atoms with Crippen LogP contribution in [0.3, 0.4) is 0 Å². The molecule has 1 unspecified atom stereocenters. The number of amides is 1. The summed E-state index contributed by atoms with van der Waals surface area (Å²) >= 11 is 0. The summed E-state index contributed by atoms with van der Waals surface area (Å²) in [6.45, 7) is 5.11. The molecule has 9 nitrogen and oxygen atoms in total. The first kappa shape index (κ1) is 23.5. The average molecular weight is 439 g/mol. The molecule has 2 N–H and O–H groups in total. The van der Waals surface area contributed by atoms with Crippen LogP contribution < -0.4 is 11.3 Å². The van der Waals surface area contributed by atoms with Gasteiger partial charge >= 0.3 is 0 Å². The molecule has 0 radical (unpaired) electrons. The lowest BCUT2D eigenvalue weighted by molar-refractivity contribution is -0.139. The highest BCUT2D eigenvalue weighted by Crippen LogP contribution is 2.28. The van der Waals surface area contributed by atoms with Crippen molar-refractivity contribution in [1.29, 1.82) is 0 Å². The summed E-state index contributed by atoms with van der Waals surface area (Å²) in [7, 11) is 1.48. The van der Waals surface area contributed by atoms with Gasteiger partial charge in [-0.1, -0.05) is 44.2 Å². The Kier molecular flexibility index (Phi) is 8.02. The molecule has 0 saturated carbocycles. The summed E-state index contributed by atoms with van der Waals surface area (Å²) in [5, 5.41) is 0. The second kappa shape index (κ2) is 10.9. The van der Waals surface area contributed by atoms with Gasteiger partial charge in [0.2, 0.25) is 5.91 Å². The van der Waals surface area contributed by atoms with Crippen molar-refractivity contribution >= 4 is 17.1 Å². The van der Waals surface area contributed by atoms with Crippen LogP contribution in [0.5, 0.6) is 0 Å². The molecule has 0 fully saturated rings. The zero-order valence-electron chi connectivity index (χ0n) is 18.8. The molecule has 0 bridgehead atoms. The average Bonchev–Trinajstić information content (AvgIpc) is 2.79. The predicted molar refractivity (Wildman–Crippen MR) is 122 cm³/mol. The summed E-state index contributed by atoms with van der Waals surface area (Å²) in [5.41, 5.74) is 6.86. The lowest BCUT2D eigenvalue weighted by Crippen LogP contribution is -2.43. The van der Waals surface area contributed by atoms with Crippen LogP contribution in [0.1, 0.15) is 37.7 Å². The molecule has 0 spiro atoms. The zero-order chi connectivity index (χ0) is 23.1. The van der Waals surface area contributed by atoms with Gasteiger partial charge in [-0.3, -0.25) is 14.2 Å². The fourth-order valence-corrected chi connectivity index (χ4v) is 3.79. The van der Waals surface area contributed by atoms with Gasteiger partial charge in [0.1, 0.15) is 12.4 Å². The number of nitrogens with two attached hydrogens (primary N) is 1. The fraction of sp³-hybridized carbons (Fsp3) is 0.435. The number of aromatic nitrogens is 4. The Labute approximate surface area is 187 Å². The molecular weight excluding hydrogens is 408 g/mol. The van der Waals surface area contributed by atoms with E-state index in [9.17, 15) is 9.59 Å². The maximum absolute atomic E-state index is 13.5. The smallest absolute Gasteiger partial charge is 0.282 e. The van der Waals surface area contributed by atoms with Crippen molar-refractivity contribution in [3.8, 4) is 0 Å². The van der Waals surface area contributed by atoms with Gasteiger partial charge in [0, 0.05) is 26.0 Å². The van der Waals surface area contributed by atoms with Gasteiger partial charge in [-0.15, -0.1) is 0 Å². The Hall–Kier alpha value is -3.17. The van der Waals surface area contributed by atoms with Crippen molar-refractivity contribution < 1.29 is 9.53 Å². The van der Waals surface area contributed by atoms with E-state index in [2.05, 4.69) is 9.97 Å². The molecule has 170 valence electrons. The third-order valence-electron chi connectivity index (χ3n) is 5.23.